The summed E-state index contributed by atoms with van der Waals surface area (Å²) in [6.45, 7) is 0. The minimum absolute atomic E-state index is 0.294. The van der Waals surface area contributed by atoms with Crippen molar-refractivity contribution in [2.45, 2.75) is 0 Å². The minimum atomic E-state index is -0.463. The van der Waals surface area contributed by atoms with Gasteiger partial charge >= 0.3 is 5.97 Å². The highest BCUT2D eigenvalue weighted by atomic mass is 16.6. The summed E-state index contributed by atoms with van der Waals surface area (Å²) in [5.74, 6) is 0.624. The molecule has 1 aliphatic rings. The van der Waals surface area contributed by atoms with Gasteiger partial charge in [-0.05, 0) is 11.6 Å². The van der Waals surface area contributed by atoms with Crippen molar-refractivity contribution in [1.29, 1.82) is 0 Å². The lowest BCUT2D eigenvalue weighted by Gasteiger charge is -2.07. The Labute approximate surface area is 111 Å². The molecular weight excluding hydrogens is 244 g/mol. The van der Waals surface area contributed by atoms with Gasteiger partial charge in [0.1, 0.15) is 0 Å². The van der Waals surface area contributed by atoms with Crippen molar-refractivity contribution in [1.82, 2.24) is 0 Å². The average molecular weight is 258 g/mol. The molecule has 1 aromatic carbocycles. The Morgan fingerprint density at radius 1 is 1.21 bits per heavy atom. The molecule has 4 heteroatoms. The van der Waals surface area contributed by atoms with Crippen LogP contribution < -0.4 is 0 Å². The number of cyclic esters (lactones) is 1. The van der Waals surface area contributed by atoms with E-state index in [9.17, 15) is 4.79 Å². The number of carbonyl (C=O) groups excluding carboxylic acids is 1. The molecule has 2 rings (SSSR count). The fourth-order valence-corrected chi connectivity index (χ4v) is 1.65. The number of benzene rings is 1. The third-order valence-electron chi connectivity index (χ3n) is 2.57. The first-order chi connectivity index (χ1) is 9.24. The Hall–Kier alpha value is -2.49. The smallest absolute Gasteiger partial charge is 0.340 e. The van der Waals surface area contributed by atoms with E-state index in [0.717, 1.165) is 5.56 Å². The number of carbonyl (C=O) groups is 1. The zero-order chi connectivity index (χ0) is 13.7. The molecule has 1 heterocycles. The lowest BCUT2D eigenvalue weighted by Crippen LogP contribution is -1.98. The van der Waals surface area contributed by atoms with Gasteiger partial charge in [-0.15, -0.1) is 0 Å². The first-order valence-corrected chi connectivity index (χ1v) is 5.74. The Bertz CT molecular complexity index is 553. The fraction of sp³-hybridized carbons (Fsp3) is 0.133. The molecule has 0 fully saturated rings. The Morgan fingerprint density at radius 2 is 1.95 bits per heavy atom. The molecule has 0 N–H and O–H groups in total. The number of methoxy groups -OCH3 is 2. The average Bonchev–Trinajstić information content (AvgIpc) is 2.82. The topological polar surface area (TPSA) is 44.8 Å². The van der Waals surface area contributed by atoms with Crippen LogP contribution in [0.25, 0.3) is 6.08 Å². The summed E-state index contributed by atoms with van der Waals surface area (Å²) in [7, 11) is 2.99. The standard InChI is InChI=1S/C15H14O4/c1-17-12(9-8-11-6-4-3-5-7-11)15-13(18-2)10-14(16)19-15/h3-10H,1-2H3/b9-8+,15-12-. The van der Waals surface area contributed by atoms with E-state index in [4.69, 9.17) is 14.2 Å². The third kappa shape index (κ3) is 3.04. The summed E-state index contributed by atoms with van der Waals surface area (Å²) in [5.41, 5.74) is 1.02. The Balaban J connectivity index is 2.28. The van der Waals surface area contributed by atoms with E-state index < -0.39 is 5.97 Å². The van der Waals surface area contributed by atoms with Gasteiger partial charge in [-0.3, -0.25) is 0 Å². The van der Waals surface area contributed by atoms with Crippen LogP contribution >= 0.6 is 0 Å². The van der Waals surface area contributed by atoms with Crippen LogP contribution in [-0.4, -0.2) is 20.2 Å². The molecule has 19 heavy (non-hydrogen) atoms. The molecule has 0 saturated carbocycles. The molecule has 98 valence electrons. The van der Waals surface area contributed by atoms with Crippen molar-refractivity contribution in [3.8, 4) is 0 Å². The van der Waals surface area contributed by atoms with Crippen LogP contribution in [0.2, 0.25) is 0 Å². The van der Waals surface area contributed by atoms with Gasteiger partial charge in [-0.25, -0.2) is 4.79 Å². The van der Waals surface area contributed by atoms with Crippen LogP contribution in [0.5, 0.6) is 0 Å². The third-order valence-corrected chi connectivity index (χ3v) is 2.57. The maximum absolute atomic E-state index is 11.2. The second-order valence-corrected chi connectivity index (χ2v) is 3.78. The van der Waals surface area contributed by atoms with Crippen LogP contribution in [0.3, 0.4) is 0 Å². The van der Waals surface area contributed by atoms with Gasteiger partial charge in [-0.2, -0.15) is 0 Å². The molecule has 0 amide bonds. The second kappa shape index (κ2) is 5.91. The van der Waals surface area contributed by atoms with E-state index in [-0.39, 0.29) is 0 Å². The molecule has 0 radical (unpaired) electrons. The number of allylic oxidation sites excluding steroid dienone is 1. The molecule has 4 nitrogen and oxygen atoms in total. The maximum Gasteiger partial charge on any atom is 0.340 e. The molecule has 0 aliphatic carbocycles. The first kappa shape index (κ1) is 13.0. The van der Waals surface area contributed by atoms with E-state index in [1.165, 1.54) is 20.3 Å². The van der Waals surface area contributed by atoms with Crippen LogP contribution in [0.1, 0.15) is 5.56 Å². The highest BCUT2D eigenvalue weighted by Gasteiger charge is 2.24. The van der Waals surface area contributed by atoms with Gasteiger partial charge in [0.2, 0.25) is 5.76 Å². The summed E-state index contributed by atoms with van der Waals surface area (Å²) in [6.07, 6.45) is 4.88. The fourth-order valence-electron chi connectivity index (χ4n) is 1.65. The number of hydrogen-bond donors (Lipinski definition) is 0. The number of ether oxygens (including phenoxy) is 3. The first-order valence-electron chi connectivity index (χ1n) is 5.74. The molecule has 0 unspecified atom stereocenters. The SMILES string of the molecule is COC1=CC(=O)O/C1=C(/C=C/c1ccccc1)OC. The van der Waals surface area contributed by atoms with Crippen LogP contribution in [0.4, 0.5) is 0 Å². The van der Waals surface area contributed by atoms with Crippen molar-refractivity contribution >= 4 is 12.0 Å². The van der Waals surface area contributed by atoms with Crippen molar-refractivity contribution in [2.75, 3.05) is 14.2 Å². The lowest BCUT2D eigenvalue weighted by atomic mass is 10.2. The van der Waals surface area contributed by atoms with Crippen molar-refractivity contribution < 1.29 is 19.0 Å². The minimum Gasteiger partial charge on any atom is -0.493 e. The molecular formula is C15H14O4. The predicted octanol–water partition coefficient (Wildman–Crippen LogP) is 2.64. The Kier molecular flexibility index (Phi) is 4.03. The molecule has 1 aromatic rings. The van der Waals surface area contributed by atoms with E-state index in [0.29, 0.717) is 17.3 Å². The molecule has 0 spiro atoms. The normalized spacial score (nSPS) is 17.2. The molecule has 0 saturated heterocycles. The molecule has 1 aliphatic heterocycles. The van der Waals surface area contributed by atoms with E-state index in [2.05, 4.69) is 0 Å². The summed E-state index contributed by atoms with van der Waals surface area (Å²) in [5, 5.41) is 0. The highest BCUT2D eigenvalue weighted by molar-refractivity contribution is 5.88. The van der Waals surface area contributed by atoms with Crippen LogP contribution in [-0.2, 0) is 19.0 Å². The van der Waals surface area contributed by atoms with Crippen molar-refractivity contribution in [3.63, 3.8) is 0 Å². The zero-order valence-corrected chi connectivity index (χ0v) is 10.8. The van der Waals surface area contributed by atoms with Gasteiger partial charge in [0.05, 0.1) is 20.3 Å². The number of esters is 1. The monoisotopic (exact) mass is 258 g/mol. The summed E-state index contributed by atoms with van der Waals surface area (Å²) in [6, 6.07) is 9.74. The van der Waals surface area contributed by atoms with Crippen molar-refractivity contribution in [2.24, 2.45) is 0 Å². The van der Waals surface area contributed by atoms with E-state index >= 15 is 0 Å². The van der Waals surface area contributed by atoms with Gasteiger partial charge in [0, 0.05) is 0 Å². The lowest BCUT2D eigenvalue weighted by molar-refractivity contribution is -0.132. The Morgan fingerprint density at radius 3 is 2.58 bits per heavy atom. The van der Waals surface area contributed by atoms with Crippen LogP contribution in [0.15, 0.2) is 59.8 Å². The predicted molar refractivity (Wildman–Crippen MR) is 70.7 cm³/mol. The van der Waals surface area contributed by atoms with E-state index in [1.807, 2.05) is 36.4 Å². The van der Waals surface area contributed by atoms with Crippen LogP contribution in [0, 0.1) is 0 Å². The van der Waals surface area contributed by atoms with E-state index in [1.54, 1.807) is 6.08 Å². The largest absolute Gasteiger partial charge is 0.493 e. The summed E-state index contributed by atoms with van der Waals surface area (Å²) in [4.78, 5) is 11.2. The molecule has 0 bridgehead atoms. The summed E-state index contributed by atoms with van der Waals surface area (Å²) < 4.78 is 15.4. The zero-order valence-electron chi connectivity index (χ0n) is 10.8. The second-order valence-electron chi connectivity index (χ2n) is 3.78. The van der Waals surface area contributed by atoms with Gasteiger partial charge in [-0.1, -0.05) is 36.4 Å². The molecule has 0 atom stereocenters. The number of rotatable bonds is 4. The van der Waals surface area contributed by atoms with Crippen molar-refractivity contribution in [3.05, 3.63) is 65.3 Å². The van der Waals surface area contributed by atoms with Gasteiger partial charge < -0.3 is 14.2 Å². The van der Waals surface area contributed by atoms with Gasteiger partial charge in [0.15, 0.2) is 11.5 Å². The highest BCUT2D eigenvalue weighted by Crippen LogP contribution is 2.25. The quantitative estimate of drug-likeness (QED) is 0.615. The molecule has 0 aromatic heterocycles. The maximum atomic E-state index is 11.2. The van der Waals surface area contributed by atoms with Gasteiger partial charge in [0.25, 0.3) is 0 Å². The number of hydrogen-bond acceptors (Lipinski definition) is 4. The summed E-state index contributed by atoms with van der Waals surface area (Å²) >= 11 is 0.